The molecule has 0 unspecified atom stereocenters. The molecular weight excluding hydrogens is 382 g/mol. The molecule has 0 bridgehead atoms. The van der Waals surface area contributed by atoms with Crippen LogP contribution in [0, 0.1) is 0 Å². The fourth-order valence-electron chi connectivity index (χ4n) is 3.63. The third-order valence-corrected chi connectivity index (χ3v) is 5.09. The third kappa shape index (κ3) is 3.59. The first-order chi connectivity index (χ1) is 14.5. The Morgan fingerprint density at radius 2 is 1.53 bits per heavy atom. The summed E-state index contributed by atoms with van der Waals surface area (Å²) in [6.45, 7) is 1.55. The van der Waals surface area contributed by atoms with Gasteiger partial charge in [-0.1, -0.05) is 36.4 Å². The third-order valence-electron chi connectivity index (χ3n) is 5.09. The second kappa shape index (κ2) is 7.91. The van der Waals surface area contributed by atoms with Gasteiger partial charge in [0.25, 0.3) is 11.8 Å². The van der Waals surface area contributed by atoms with Crippen molar-refractivity contribution in [3.63, 3.8) is 0 Å². The minimum Gasteiger partial charge on any atom is -0.427 e. The standard InChI is InChI=1S/C24H19NO5/c1-15(26)17-8-2-9-18(14-17)30-21(27)12-5-13-25-23(28)19-10-3-6-16-7-4-11-20(22(16)19)24(25)29/h2-4,6-11,14H,5,12-13H2,1H3. The van der Waals surface area contributed by atoms with E-state index in [1.807, 2.05) is 12.1 Å². The molecule has 0 fully saturated rings. The first kappa shape index (κ1) is 19.5. The van der Waals surface area contributed by atoms with E-state index < -0.39 is 5.97 Å². The van der Waals surface area contributed by atoms with Crippen molar-refractivity contribution >= 4 is 34.3 Å². The van der Waals surface area contributed by atoms with Crippen LogP contribution < -0.4 is 4.74 Å². The minimum atomic E-state index is -0.491. The van der Waals surface area contributed by atoms with Gasteiger partial charge in [-0.3, -0.25) is 24.1 Å². The van der Waals surface area contributed by atoms with Crippen molar-refractivity contribution in [1.82, 2.24) is 4.90 Å². The molecule has 1 aliphatic rings. The van der Waals surface area contributed by atoms with Crippen molar-refractivity contribution in [1.29, 1.82) is 0 Å². The number of esters is 1. The highest BCUT2D eigenvalue weighted by molar-refractivity contribution is 6.25. The lowest BCUT2D eigenvalue weighted by Gasteiger charge is -2.27. The van der Waals surface area contributed by atoms with E-state index in [9.17, 15) is 19.2 Å². The Morgan fingerprint density at radius 3 is 2.17 bits per heavy atom. The predicted octanol–water partition coefficient (Wildman–Crippen LogP) is 4.02. The monoisotopic (exact) mass is 401 g/mol. The van der Waals surface area contributed by atoms with Crippen LogP contribution in [-0.2, 0) is 4.79 Å². The maximum atomic E-state index is 12.8. The molecule has 0 saturated heterocycles. The van der Waals surface area contributed by atoms with Crippen LogP contribution in [0.15, 0.2) is 60.7 Å². The Hall–Kier alpha value is -3.80. The summed E-state index contributed by atoms with van der Waals surface area (Å²) in [5, 5.41) is 1.53. The van der Waals surface area contributed by atoms with Crippen LogP contribution in [0.1, 0.15) is 50.8 Å². The topological polar surface area (TPSA) is 80.8 Å². The summed E-state index contributed by atoms with van der Waals surface area (Å²) < 4.78 is 5.27. The molecular formula is C24H19NO5. The lowest BCUT2D eigenvalue weighted by atomic mass is 9.94. The average Bonchev–Trinajstić information content (AvgIpc) is 2.74. The van der Waals surface area contributed by atoms with E-state index in [4.69, 9.17) is 4.74 Å². The van der Waals surface area contributed by atoms with Crippen molar-refractivity contribution in [3.05, 3.63) is 77.4 Å². The zero-order valence-corrected chi connectivity index (χ0v) is 16.4. The number of carbonyl (C=O) groups is 4. The second-order valence-electron chi connectivity index (χ2n) is 7.13. The predicted molar refractivity (Wildman–Crippen MR) is 111 cm³/mol. The van der Waals surface area contributed by atoms with E-state index in [0.29, 0.717) is 27.8 Å². The Bertz CT molecular complexity index is 1150. The summed E-state index contributed by atoms with van der Waals surface area (Å²) in [5.74, 6) is -1.03. The smallest absolute Gasteiger partial charge is 0.311 e. The SMILES string of the molecule is CC(=O)c1cccc(OC(=O)CCCN2C(=O)c3cccc4cccc(c34)C2=O)c1. The molecule has 3 aromatic rings. The molecule has 0 N–H and O–H groups in total. The number of ether oxygens (including phenoxy) is 1. The van der Waals surface area contributed by atoms with E-state index in [2.05, 4.69) is 0 Å². The summed E-state index contributed by atoms with van der Waals surface area (Å²) in [4.78, 5) is 50.5. The van der Waals surface area contributed by atoms with Gasteiger partial charge in [0.05, 0.1) is 0 Å². The highest BCUT2D eigenvalue weighted by Gasteiger charge is 2.32. The average molecular weight is 401 g/mol. The Kier molecular flexibility index (Phi) is 5.14. The number of hydrogen-bond acceptors (Lipinski definition) is 5. The Morgan fingerprint density at radius 1 is 0.900 bits per heavy atom. The minimum absolute atomic E-state index is 0.0349. The maximum Gasteiger partial charge on any atom is 0.311 e. The molecule has 2 amide bonds. The quantitative estimate of drug-likeness (QED) is 0.270. The molecule has 30 heavy (non-hydrogen) atoms. The number of rotatable bonds is 6. The second-order valence-corrected chi connectivity index (χ2v) is 7.13. The maximum absolute atomic E-state index is 12.8. The number of benzene rings is 3. The first-order valence-electron chi connectivity index (χ1n) is 9.65. The molecule has 1 aliphatic heterocycles. The summed E-state index contributed by atoms with van der Waals surface area (Å²) in [6, 6.07) is 17.1. The Balaban J connectivity index is 1.41. The van der Waals surface area contributed by atoms with Crippen LogP contribution in [0.2, 0.25) is 0 Å². The molecule has 4 rings (SSSR count). The summed E-state index contributed by atoms with van der Waals surface area (Å²) in [7, 11) is 0. The molecule has 150 valence electrons. The van der Waals surface area contributed by atoms with Crippen molar-refractivity contribution in [2.45, 2.75) is 19.8 Å². The van der Waals surface area contributed by atoms with Crippen molar-refractivity contribution in [2.75, 3.05) is 6.54 Å². The number of nitrogens with zero attached hydrogens (tertiary/aromatic N) is 1. The van der Waals surface area contributed by atoms with Gasteiger partial charge in [0.2, 0.25) is 0 Å². The molecule has 1 heterocycles. The Labute approximate surface area is 173 Å². The molecule has 6 heteroatoms. The van der Waals surface area contributed by atoms with Gasteiger partial charge in [-0.05, 0) is 43.0 Å². The summed E-state index contributed by atoms with van der Waals surface area (Å²) >= 11 is 0. The van der Waals surface area contributed by atoms with E-state index in [1.165, 1.54) is 17.9 Å². The van der Waals surface area contributed by atoms with Gasteiger partial charge in [0.15, 0.2) is 5.78 Å². The first-order valence-corrected chi connectivity index (χ1v) is 9.65. The number of Topliss-reactive ketones (excluding diaryl/α,β-unsaturated/α-hetero) is 1. The number of carbonyl (C=O) groups excluding carboxylic acids is 4. The van der Waals surface area contributed by atoms with Crippen LogP contribution in [0.25, 0.3) is 10.8 Å². The molecule has 0 spiro atoms. The fraction of sp³-hybridized carbons (Fsp3) is 0.167. The molecule has 0 saturated carbocycles. The van der Waals surface area contributed by atoms with Crippen molar-refractivity contribution < 1.29 is 23.9 Å². The molecule has 3 aromatic carbocycles. The van der Waals surface area contributed by atoms with Gasteiger partial charge in [0.1, 0.15) is 5.75 Å². The number of imide groups is 1. The molecule has 0 aliphatic carbocycles. The lowest BCUT2D eigenvalue weighted by Crippen LogP contribution is -2.41. The van der Waals surface area contributed by atoms with E-state index in [0.717, 1.165) is 5.39 Å². The van der Waals surface area contributed by atoms with Gasteiger partial charge in [-0.2, -0.15) is 0 Å². The van der Waals surface area contributed by atoms with E-state index in [-0.39, 0.29) is 37.0 Å². The van der Waals surface area contributed by atoms with E-state index in [1.54, 1.807) is 42.5 Å². The number of ketones is 1. The van der Waals surface area contributed by atoms with Crippen molar-refractivity contribution in [2.24, 2.45) is 0 Å². The van der Waals surface area contributed by atoms with Gasteiger partial charge in [0, 0.05) is 35.0 Å². The van der Waals surface area contributed by atoms with Gasteiger partial charge < -0.3 is 4.74 Å². The van der Waals surface area contributed by atoms with Gasteiger partial charge >= 0.3 is 5.97 Å². The summed E-state index contributed by atoms with van der Waals surface area (Å²) in [6.07, 6.45) is 0.314. The van der Waals surface area contributed by atoms with Gasteiger partial charge in [-0.15, -0.1) is 0 Å². The summed E-state index contributed by atoms with van der Waals surface area (Å²) in [5.41, 5.74) is 1.44. The fourth-order valence-corrected chi connectivity index (χ4v) is 3.63. The van der Waals surface area contributed by atoms with E-state index >= 15 is 0 Å². The highest BCUT2D eigenvalue weighted by Crippen LogP contribution is 2.30. The molecule has 6 nitrogen and oxygen atoms in total. The van der Waals surface area contributed by atoms with Gasteiger partial charge in [-0.25, -0.2) is 0 Å². The highest BCUT2D eigenvalue weighted by atomic mass is 16.5. The van der Waals surface area contributed by atoms with Crippen LogP contribution in [-0.4, -0.2) is 35.0 Å². The molecule has 0 atom stereocenters. The number of amides is 2. The largest absolute Gasteiger partial charge is 0.427 e. The molecule has 0 radical (unpaired) electrons. The normalized spacial score (nSPS) is 12.9. The molecule has 0 aromatic heterocycles. The number of hydrogen-bond donors (Lipinski definition) is 0. The van der Waals surface area contributed by atoms with Crippen molar-refractivity contribution in [3.8, 4) is 5.75 Å². The van der Waals surface area contributed by atoms with Crippen LogP contribution in [0.4, 0.5) is 0 Å². The zero-order valence-electron chi connectivity index (χ0n) is 16.4. The van der Waals surface area contributed by atoms with Crippen LogP contribution >= 0.6 is 0 Å². The van der Waals surface area contributed by atoms with Crippen LogP contribution in [0.3, 0.4) is 0 Å². The zero-order chi connectivity index (χ0) is 21.3. The lowest BCUT2D eigenvalue weighted by molar-refractivity contribution is -0.134. The van der Waals surface area contributed by atoms with Crippen LogP contribution in [0.5, 0.6) is 5.75 Å².